The van der Waals surface area contributed by atoms with Gasteiger partial charge in [-0.25, -0.2) is 0 Å². The van der Waals surface area contributed by atoms with Crippen molar-refractivity contribution in [3.05, 3.63) is 34.9 Å². The van der Waals surface area contributed by atoms with Gasteiger partial charge in [-0.15, -0.1) is 0 Å². The highest BCUT2D eigenvalue weighted by atomic mass is 35.5. The highest BCUT2D eigenvalue weighted by molar-refractivity contribution is 6.30. The number of aliphatic hydroxyl groups excluding tert-OH is 1. The molecule has 1 rings (SSSR count). The van der Waals surface area contributed by atoms with Crippen molar-refractivity contribution in [2.75, 3.05) is 6.54 Å². The van der Waals surface area contributed by atoms with E-state index in [-0.39, 0.29) is 6.10 Å². The fourth-order valence-corrected chi connectivity index (χ4v) is 1.54. The lowest BCUT2D eigenvalue weighted by molar-refractivity contribution is 0.187. The largest absolute Gasteiger partial charge is 0.392 e. The van der Waals surface area contributed by atoms with E-state index >= 15 is 0 Å². The average Bonchev–Trinajstić information content (AvgIpc) is 2.19. The predicted octanol–water partition coefficient (Wildman–Crippen LogP) is 2.24. The molecule has 0 saturated carbocycles. The summed E-state index contributed by atoms with van der Waals surface area (Å²) in [5.41, 5.74) is 1.25. The molecule has 2 N–H and O–H groups in total. The van der Waals surface area contributed by atoms with Crippen LogP contribution in [-0.2, 0) is 6.42 Å². The van der Waals surface area contributed by atoms with E-state index < -0.39 is 0 Å². The minimum absolute atomic E-state index is 0.294. The summed E-state index contributed by atoms with van der Waals surface area (Å²) in [5, 5.41) is 13.2. The second-order valence-electron chi connectivity index (χ2n) is 3.99. The number of hydrogen-bond acceptors (Lipinski definition) is 2. The summed E-state index contributed by atoms with van der Waals surface area (Å²) in [5.74, 6) is 0. The van der Waals surface area contributed by atoms with Crippen LogP contribution in [-0.4, -0.2) is 23.8 Å². The zero-order valence-corrected chi connectivity index (χ0v) is 9.96. The van der Waals surface area contributed by atoms with Crippen molar-refractivity contribution in [2.24, 2.45) is 0 Å². The molecule has 0 spiro atoms. The molecule has 0 saturated heterocycles. The molecule has 0 bridgehead atoms. The van der Waals surface area contributed by atoms with Gasteiger partial charge in [0.05, 0.1) is 6.10 Å². The predicted molar refractivity (Wildman–Crippen MR) is 64.3 cm³/mol. The highest BCUT2D eigenvalue weighted by Crippen LogP contribution is 2.10. The van der Waals surface area contributed by atoms with Gasteiger partial charge < -0.3 is 10.4 Å². The van der Waals surface area contributed by atoms with Crippen LogP contribution in [0.15, 0.2) is 24.3 Å². The molecule has 1 aromatic carbocycles. The van der Waals surface area contributed by atoms with Crippen LogP contribution in [0.5, 0.6) is 0 Å². The minimum atomic E-state index is -0.294. The first kappa shape index (κ1) is 12.5. The summed E-state index contributed by atoms with van der Waals surface area (Å²) in [7, 11) is 0. The Morgan fingerprint density at radius 3 is 2.40 bits per heavy atom. The van der Waals surface area contributed by atoms with Gasteiger partial charge in [-0.2, -0.15) is 0 Å². The van der Waals surface area contributed by atoms with Gasteiger partial charge in [0.15, 0.2) is 0 Å². The van der Waals surface area contributed by atoms with Crippen LogP contribution < -0.4 is 5.32 Å². The Bertz CT molecular complexity index is 284. The lowest BCUT2D eigenvalue weighted by Crippen LogP contribution is -2.33. The van der Waals surface area contributed by atoms with Gasteiger partial charge in [0.2, 0.25) is 0 Å². The van der Waals surface area contributed by atoms with Crippen molar-refractivity contribution in [1.82, 2.24) is 5.32 Å². The molecule has 1 aromatic rings. The highest BCUT2D eigenvalue weighted by Gasteiger charge is 2.04. The van der Waals surface area contributed by atoms with Crippen LogP contribution in [0.25, 0.3) is 0 Å². The number of rotatable bonds is 5. The number of halogens is 1. The zero-order chi connectivity index (χ0) is 11.3. The Kier molecular flexibility index (Phi) is 5.09. The molecule has 0 radical (unpaired) electrons. The van der Waals surface area contributed by atoms with Gasteiger partial charge in [-0.3, -0.25) is 0 Å². The van der Waals surface area contributed by atoms with Crippen LogP contribution in [0.1, 0.15) is 19.4 Å². The number of benzene rings is 1. The van der Waals surface area contributed by atoms with E-state index in [1.165, 1.54) is 5.56 Å². The summed E-state index contributed by atoms with van der Waals surface area (Å²) < 4.78 is 0. The second-order valence-corrected chi connectivity index (χ2v) is 4.43. The quantitative estimate of drug-likeness (QED) is 0.809. The van der Waals surface area contributed by atoms with Gasteiger partial charge in [0.25, 0.3) is 0 Å². The lowest BCUT2D eigenvalue weighted by atomic mass is 10.1. The van der Waals surface area contributed by atoms with Gasteiger partial charge >= 0.3 is 0 Å². The van der Waals surface area contributed by atoms with Gasteiger partial charge in [-0.05, 0) is 38.0 Å². The molecule has 15 heavy (non-hydrogen) atoms. The van der Waals surface area contributed by atoms with E-state index in [0.717, 1.165) is 11.4 Å². The van der Waals surface area contributed by atoms with Crippen molar-refractivity contribution in [3.63, 3.8) is 0 Å². The molecule has 3 heteroatoms. The first-order valence-corrected chi connectivity index (χ1v) is 5.61. The molecule has 0 fully saturated rings. The minimum Gasteiger partial charge on any atom is -0.392 e. The molecule has 0 aromatic heterocycles. The molecule has 0 heterocycles. The number of hydrogen-bond donors (Lipinski definition) is 2. The summed E-state index contributed by atoms with van der Waals surface area (Å²) >= 11 is 5.80. The molecule has 0 aliphatic rings. The SMILES string of the molecule is CC(Cc1ccc(Cl)cc1)NC[C@H](C)O. The van der Waals surface area contributed by atoms with Crippen molar-refractivity contribution >= 4 is 11.6 Å². The molecule has 84 valence electrons. The van der Waals surface area contributed by atoms with Crippen LogP contribution in [0.2, 0.25) is 5.02 Å². The van der Waals surface area contributed by atoms with Crippen LogP contribution in [0.3, 0.4) is 0 Å². The van der Waals surface area contributed by atoms with Crippen LogP contribution in [0.4, 0.5) is 0 Å². The third-order valence-electron chi connectivity index (χ3n) is 2.22. The Hall–Kier alpha value is -0.570. The third-order valence-corrected chi connectivity index (χ3v) is 2.47. The average molecular weight is 228 g/mol. The van der Waals surface area contributed by atoms with Crippen LogP contribution >= 0.6 is 11.6 Å². The molecule has 0 aliphatic carbocycles. The zero-order valence-electron chi connectivity index (χ0n) is 9.20. The molecule has 1 unspecified atom stereocenters. The van der Waals surface area contributed by atoms with Gasteiger partial charge in [0.1, 0.15) is 0 Å². The van der Waals surface area contributed by atoms with Crippen LogP contribution in [0, 0.1) is 0 Å². The van der Waals surface area contributed by atoms with E-state index in [2.05, 4.69) is 12.2 Å². The first-order chi connectivity index (χ1) is 7.08. The van der Waals surface area contributed by atoms with E-state index in [0.29, 0.717) is 12.6 Å². The summed E-state index contributed by atoms with van der Waals surface area (Å²) in [6.07, 6.45) is 0.654. The van der Waals surface area contributed by atoms with Crippen molar-refractivity contribution in [3.8, 4) is 0 Å². The Balaban J connectivity index is 2.37. The maximum atomic E-state index is 9.12. The summed E-state index contributed by atoms with van der Waals surface area (Å²) in [6, 6.07) is 8.23. The smallest absolute Gasteiger partial charge is 0.0636 e. The van der Waals surface area contributed by atoms with Gasteiger partial charge in [-0.1, -0.05) is 23.7 Å². The summed E-state index contributed by atoms with van der Waals surface area (Å²) in [4.78, 5) is 0. The molecule has 0 aliphatic heterocycles. The van der Waals surface area contributed by atoms with E-state index in [4.69, 9.17) is 16.7 Å². The molecule has 0 amide bonds. The van der Waals surface area contributed by atoms with Crippen molar-refractivity contribution in [2.45, 2.75) is 32.4 Å². The standard InChI is InChI=1S/C12H18ClNO/c1-9(14-8-10(2)15)7-11-3-5-12(13)6-4-11/h3-6,9-10,14-15H,7-8H2,1-2H3/t9?,10-/m0/s1. The second kappa shape index (κ2) is 6.11. The Labute approximate surface area is 96.3 Å². The monoisotopic (exact) mass is 227 g/mol. The topological polar surface area (TPSA) is 32.3 Å². The van der Waals surface area contributed by atoms with E-state index in [9.17, 15) is 0 Å². The fourth-order valence-electron chi connectivity index (χ4n) is 1.42. The maximum Gasteiger partial charge on any atom is 0.0636 e. The lowest BCUT2D eigenvalue weighted by Gasteiger charge is -2.15. The first-order valence-electron chi connectivity index (χ1n) is 5.24. The number of aliphatic hydroxyl groups is 1. The molecular formula is C12H18ClNO. The Morgan fingerprint density at radius 1 is 1.27 bits per heavy atom. The van der Waals surface area contributed by atoms with Crippen molar-refractivity contribution < 1.29 is 5.11 Å². The molecule has 2 atom stereocenters. The Morgan fingerprint density at radius 2 is 1.87 bits per heavy atom. The molecular weight excluding hydrogens is 210 g/mol. The molecule has 2 nitrogen and oxygen atoms in total. The van der Waals surface area contributed by atoms with E-state index in [1.54, 1.807) is 6.92 Å². The third kappa shape index (κ3) is 5.17. The van der Waals surface area contributed by atoms with E-state index in [1.807, 2.05) is 24.3 Å². The normalized spacial score (nSPS) is 14.9. The maximum absolute atomic E-state index is 9.12. The number of nitrogens with one attached hydrogen (secondary N) is 1. The fraction of sp³-hybridized carbons (Fsp3) is 0.500. The van der Waals surface area contributed by atoms with Gasteiger partial charge in [0, 0.05) is 17.6 Å². The van der Waals surface area contributed by atoms with Crippen molar-refractivity contribution in [1.29, 1.82) is 0 Å². The summed E-state index contributed by atoms with van der Waals surface area (Å²) in [6.45, 7) is 4.52.